The zero-order valence-electron chi connectivity index (χ0n) is 17.5. The summed E-state index contributed by atoms with van der Waals surface area (Å²) >= 11 is 0. The number of fused-ring (bicyclic) bond motifs is 1. The van der Waals surface area contributed by atoms with Crippen LogP contribution >= 0.6 is 0 Å². The molecule has 2 heterocycles. The van der Waals surface area contributed by atoms with Gasteiger partial charge in [-0.05, 0) is 54.8 Å². The molecule has 1 aliphatic heterocycles. The molecule has 1 aromatic heterocycles. The minimum atomic E-state index is -0.786. The van der Waals surface area contributed by atoms with Gasteiger partial charge in [0, 0.05) is 18.5 Å². The Labute approximate surface area is 179 Å². The first kappa shape index (κ1) is 20.9. The smallest absolute Gasteiger partial charge is 0.267 e. The van der Waals surface area contributed by atoms with Gasteiger partial charge in [-0.2, -0.15) is 0 Å². The fourth-order valence-electron chi connectivity index (χ4n) is 3.90. The van der Waals surface area contributed by atoms with Crippen LogP contribution in [-0.2, 0) is 14.9 Å². The van der Waals surface area contributed by atoms with Crippen molar-refractivity contribution in [2.45, 2.75) is 19.3 Å². The van der Waals surface area contributed by atoms with E-state index in [1.165, 1.54) is 12.1 Å². The van der Waals surface area contributed by atoms with Crippen LogP contribution in [0.2, 0.25) is 0 Å². The van der Waals surface area contributed by atoms with Crippen molar-refractivity contribution in [1.82, 2.24) is 9.88 Å². The normalized spacial score (nSPS) is 14.6. The van der Waals surface area contributed by atoms with Crippen molar-refractivity contribution in [2.24, 2.45) is 5.73 Å². The van der Waals surface area contributed by atoms with Crippen LogP contribution in [0.4, 0.5) is 4.39 Å². The first-order valence-electron chi connectivity index (χ1n) is 10.2. The van der Waals surface area contributed by atoms with E-state index >= 15 is 0 Å². The molecule has 0 atom stereocenters. The molecular weight excluding hydrogens is 397 g/mol. The lowest BCUT2D eigenvalue weighted by Gasteiger charge is -2.34. The van der Waals surface area contributed by atoms with E-state index in [9.17, 15) is 14.0 Å². The molecule has 31 heavy (non-hydrogen) atoms. The quantitative estimate of drug-likeness (QED) is 0.701. The van der Waals surface area contributed by atoms with E-state index in [-0.39, 0.29) is 17.4 Å². The lowest BCUT2D eigenvalue weighted by Crippen LogP contribution is -2.48. The maximum Gasteiger partial charge on any atom is 0.267 e. The highest BCUT2D eigenvalue weighted by atomic mass is 19.1. The zero-order chi connectivity index (χ0) is 22.2. The molecule has 0 bridgehead atoms. The van der Waals surface area contributed by atoms with Gasteiger partial charge in [0.15, 0.2) is 0 Å². The number of rotatable bonds is 4. The van der Waals surface area contributed by atoms with Crippen molar-refractivity contribution < 1.29 is 18.7 Å². The van der Waals surface area contributed by atoms with Gasteiger partial charge in [0.05, 0.1) is 24.1 Å². The number of carbonyl (C=O) groups is 2. The third-order valence-corrected chi connectivity index (χ3v) is 5.77. The summed E-state index contributed by atoms with van der Waals surface area (Å²) in [5.41, 5.74) is 7.65. The number of hydrogen-bond acceptors (Lipinski definition) is 4. The molecule has 1 saturated heterocycles. The Kier molecular flexibility index (Phi) is 5.45. The number of nitrogens with zero attached hydrogens (tertiary/aromatic N) is 2. The fraction of sp³-hybridized carbons (Fsp3) is 0.292. The fourth-order valence-corrected chi connectivity index (χ4v) is 3.90. The summed E-state index contributed by atoms with van der Waals surface area (Å²) in [6, 6.07) is 13.3. The number of nitrogens with two attached hydrogens (primary N) is 1. The Balaban J connectivity index is 1.82. The molecule has 6 nitrogen and oxygen atoms in total. The van der Waals surface area contributed by atoms with Gasteiger partial charge in [-0.3, -0.25) is 9.59 Å². The summed E-state index contributed by atoms with van der Waals surface area (Å²) in [6.45, 7) is 5.95. The Morgan fingerprint density at radius 2 is 1.74 bits per heavy atom. The van der Waals surface area contributed by atoms with Gasteiger partial charge < -0.3 is 15.4 Å². The average Bonchev–Trinajstić information content (AvgIpc) is 2.78. The monoisotopic (exact) mass is 421 g/mol. The molecule has 1 fully saturated rings. The first-order valence-corrected chi connectivity index (χ1v) is 10.2. The van der Waals surface area contributed by atoms with Crippen LogP contribution in [0.5, 0.6) is 0 Å². The summed E-state index contributed by atoms with van der Waals surface area (Å²) in [5, 5.41) is 0.787. The largest absolute Gasteiger partial charge is 0.378 e. The Morgan fingerprint density at radius 3 is 2.39 bits per heavy atom. The highest BCUT2D eigenvalue weighted by Crippen LogP contribution is 2.33. The van der Waals surface area contributed by atoms with Crippen LogP contribution in [0.25, 0.3) is 22.0 Å². The average molecular weight is 421 g/mol. The van der Waals surface area contributed by atoms with Gasteiger partial charge in [-0.25, -0.2) is 9.37 Å². The maximum atomic E-state index is 13.4. The summed E-state index contributed by atoms with van der Waals surface area (Å²) in [4.78, 5) is 31.3. The van der Waals surface area contributed by atoms with Crippen molar-refractivity contribution in [1.29, 1.82) is 0 Å². The molecular formula is C24H24FN3O3. The summed E-state index contributed by atoms with van der Waals surface area (Å²) in [6.07, 6.45) is 0. The predicted molar refractivity (Wildman–Crippen MR) is 116 cm³/mol. The van der Waals surface area contributed by atoms with Gasteiger partial charge in [-0.15, -0.1) is 0 Å². The second kappa shape index (κ2) is 8.07. The van der Waals surface area contributed by atoms with Gasteiger partial charge in [-0.1, -0.05) is 24.3 Å². The van der Waals surface area contributed by atoms with Gasteiger partial charge >= 0.3 is 0 Å². The van der Waals surface area contributed by atoms with E-state index in [1.807, 2.05) is 36.9 Å². The number of ether oxygens (including phenoxy) is 1. The Hall–Kier alpha value is -3.32. The number of amides is 2. The topological polar surface area (TPSA) is 85.5 Å². The molecule has 0 saturated carbocycles. The molecule has 7 heteroatoms. The van der Waals surface area contributed by atoms with Gasteiger partial charge in [0.1, 0.15) is 11.5 Å². The molecule has 0 aliphatic carbocycles. The molecule has 1 aliphatic rings. The lowest BCUT2D eigenvalue weighted by molar-refractivity contribution is -0.140. The second-order valence-electron chi connectivity index (χ2n) is 8.19. The summed E-state index contributed by atoms with van der Waals surface area (Å²) in [7, 11) is 0. The molecule has 0 unspecified atom stereocenters. The van der Waals surface area contributed by atoms with E-state index in [1.54, 1.807) is 18.2 Å². The molecule has 2 amide bonds. The minimum absolute atomic E-state index is 0.0139. The van der Waals surface area contributed by atoms with Crippen LogP contribution in [0.3, 0.4) is 0 Å². The van der Waals surface area contributed by atoms with Crippen molar-refractivity contribution in [3.8, 4) is 11.1 Å². The molecule has 160 valence electrons. The molecule has 3 aromatic rings. The van der Waals surface area contributed by atoms with Crippen molar-refractivity contribution in [3.05, 3.63) is 65.6 Å². The maximum absolute atomic E-state index is 13.4. The number of aromatic nitrogens is 1. The van der Waals surface area contributed by atoms with E-state index in [0.717, 1.165) is 22.1 Å². The zero-order valence-corrected chi connectivity index (χ0v) is 17.5. The number of hydrogen-bond donors (Lipinski definition) is 1. The summed E-state index contributed by atoms with van der Waals surface area (Å²) < 4.78 is 18.8. The van der Waals surface area contributed by atoms with Crippen molar-refractivity contribution in [2.75, 3.05) is 26.3 Å². The highest BCUT2D eigenvalue weighted by molar-refractivity contribution is 6.01. The number of carbonyl (C=O) groups excluding carboxylic acids is 2. The number of primary amides is 1. The molecule has 0 spiro atoms. The highest BCUT2D eigenvalue weighted by Gasteiger charge is 2.34. The number of benzene rings is 2. The molecule has 4 rings (SSSR count). The minimum Gasteiger partial charge on any atom is -0.378 e. The van der Waals surface area contributed by atoms with Gasteiger partial charge in [0.2, 0.25) is 5.91 Å². The van der Waals surface area contributed by atoms with Crippen LogP contribution < -0.4 is 5.73 Å². The van der Waals surface area contributed by atoms with Crippen LogP contribution in [0.1, 0.15) is 29.9 Å². The SMILES string of the molecule is CC(C)(C(=O)N1CCOCC1)c1ccc2c(-c3ccc(F)cc3)cc(C(N)=O)nc2c1. The van der Waals surface area contributed by atoms with Crippen molar-refractivity contribution >= 4 is 22.7 Å². The standard InChI is InChI=1S/C24H24FN3O3/c1-24(2,23(30)28-9-11-31-12-10-28)16-5-8-18-19(15-3-6-17(25)7-4-15)14-21(22(26)29)27-20(18)13-16/h3-8,13-14H,9-12H2,1-2H3,(H2,26,29). The van der Waals surface area contributed by atoms with Crippen molar-refractivity contribution in [3.63, 3.8) is 0 Å². The Bertz CT molecular complexity index is 1150. The lowest BCUT2D eigenvalue weighted by atomic mass is 9.82. The first-order chi connectivity index (χ1) is 14.8. The third-order valence-electron chi connectivity index (χ3n) is 5.77. The summed E-state index contributed by atoms with van der Waals surface area (Å²) in [5.74, 6) is -0.984. The van der Waals surface area contributed by atoms with E-state index in [4.69, 9.17) is 10.5 Å². The van der Waals surface area contributed by atoms with Gasteiger partial charge in [0.25, 0.3) is 5.91 Å². The van der Waals surface area contributed by atoms with Crippen LogP contribution in [0, 0.1) is 5.82 Å². The third kappa shape index (κ3) is 4.01. The van der Waals surface area contributed by atoms with Crippen LogP contribution in [0.15, 0.2) is 48.5 Å². The molecule has 0 radical (unpaired) electrons. The van der Waals surface area contributed by atoms with Crippen LogP contribution in [-0.4, -0.2) is 48.0 Å². The number of pyridine rings is 1. The molecule has 2 aromatic carbocycles. The van der Waals surface area contributed by atoms with E-state index < -0.39 is 11.3 Å². The Morgan fingerprint density at radius 1 is 1.06 bits per heavy atom. The van der Waals surface area contributed by atoms with E-state index in [0.29, 0.717) is 31.8 Å². The second-order valence-corrected chi connectivity index (χ2v) is 8.19. The predicted octanol–water partition coefficient (Wildman–Crippen LogP) is 3.28. The molecule has 2 N–H and O–H groups in total. The number of morpholine rings is 1. The van der Waals surface area contributed by atoms with E-state index in [2.05, 4.69) is 4.98 Å². The number of halogens is 1.